The van der Waals surface area contributed by atoms with Crippen LogP contribution in [0.15, 0.2) is 51.9 Å². The number of hydrogen-bond acceptors (Lipinski definition) is 1. The minimum Gasteiger partial charge on any atom is -0.288 e. The van der Waals surface area contributed by atoms with E-state index >= 15 is 0 Å². The van der Waals surface area contributed by atoms with E-state index in [-0.39, 0.29) is 28.6 Å². The summed E-state index contributed by atoms with van der Waals surface area (Å²) in [5, 5.41) is 0.356. The highest BCUT2D eigenvalue weighted by atomic mass is 79.9. The average molecular weight is 437 g/mol. The fraction of sp³-hybridized carbons (Fsp3) is 0.235. The molecule has 0 radical (unpaired) electrons. The molecule has 0 amide bonds. The van der Waals surface area contributed by atoms with Crippen molar-refractivity contribution in [1.29, 1.82) is 0 Å². The van der Waals surface area contributed by atoms with E-state index in [0.29, 0.717) is 11.3 Å². The monoisotopic (exact) mass is 435 g/mol. The summed E-state index contributed by atoms with van der Waals surface area (Å²) in [5.41, 5.74) is -0.978. The van der Waals surface area contributed by atoms with Crippen LogP contribution in [0.2, 0.25) is 10.0 Å². The molecule has 1 unspecified atom stereocenters. The van der Waals surface area contributed by atoms with Gasteiger partial charge in [0.25, 0.3) is 0 Å². The van der Waals surface area contributed by atoms with Gasteiger partial charge in [0.2, 0.25) is 0 Å². The predicted molar refractivity (Wildman–Crippen MR) is 94.4 cm³/mol. The van der Waals surface area contributed by atoms with Crippen LogP contribution in [0, 0.1) is 0 Å². The number of halogens is 6. The highest BCUT2D eigenvalue weighted by molar-refractivity contribution is 9.10. The Labute approximate surface area is 155 Å². The Bertz CT molecular complexity index is 799. The molecule has 0 N–H and O–H groups in total. The number of rotatable bonds is 2. The third-order valence-electron chi connectivity index (χ3n) is 4.12. The molecule has 1 heterocycles. The number of alkyl halides is 3. The van der Waals surface area contributed by atoms with E-state index in [0.717, 1.165) is 4.47 Å². The second-order valence-electron chi connectivity index (χ2n) is 5.69. The molecule has 0 aliphatic carbocycles. The summed E-state index contributed by atoms with van der Waals surface area (Å²) in [7, 11) is 0. The van der Waals surface area contributed by atoms with Gasteiger partial charge >= 0.3 is 6.18 Å². The van der Waals surface area contributed by atoms with Crippen molar-refractivity contribution in [3.8, 4) is 0 Å². The molecule has 126 valence electrons. The van der Waals surface area contributed by atoms with E-state index < -0.39 is 11.6 Å². The van der Waals surface area contributed by atoms with Crippen LogP contribution in [-0.2, 0) is 5.41 Å². The zero-order valence-corrected chi connectivity index (χ0v) is 15.3. The molecule has 24 heavy (non-hydrogen) atoms. The fourth-order valence-corrected chi connectivity index (χ4v) is 3.79. The lowest BCUT2D eigenvalue weighted by Gasteiger charge is -2.31. The van der Waals surface area contributed by atoms with Crippen LogP contribution >= 0.6 is 39.1 Å². The van der Waals surface area contributed by atoms with Gasteiger partial charge in [-0.3, -0.25) is 4.99 Å². The third-order valence-corrected chi connectivity index (χ3v) is 5.05. The molecule has 0 spiro atoms. The van der Waals surface area contributed by atoms with Crippen LogP contribution < -0.4 is 0 Å². The van der Waals surface area contributed by atoms with Gasteiger partial charge in [-0.25, -0.2) is 0 Å². The van der Waals surface area contributed by atoms with E-state index in [1.165, 1.54) is 18.2 Å². The molecule has 3 rings (SSSR count). The second kappa shape index (κ2) is 6.36. The Morgan fingerprint density at radius 2 is 1.71 bits per heavy atom. The van der Waals surface area contributed by atoms with Gasteiger partial charge in [-0.1, -0.05) is 51.3 Å². The Balaban J connectivity index is 2.05. The minimum absolute atomic E-state index is 0.0428. The minimum atomic E-state index is -4.47. The molecule has 2 aromatic rings. The Morgan fingerprint density at radius 3 is 2.29 bits per heavy atom. The molecule has 0 fully saturated rings. The summed E-state index contributed by atoms with van der Waals surface area (Å²) in [6.45, 7) is -0.380. The smallest absolute Gasteiger partial charge is 0.288 e. The molecule has 0 bridgehead atoms. The van der Waals surface area contributed by atoms with Gasteiger partial charge in [0.1, 0.15) is 5.41 Å². The van der Waals surface area contributed by atoms with Gasteiger partial charge in [0, 0.05) is 26.7 Å². The SMILES string of the molecule is FC(F)(F)C1(c2cc(Cl)cc(Cl)c2)CN=C(c2cccc(Br)c2)C1. The van der Waals surface area contributed by atoms with E-state index in [4.69, 9.17) is 23.2 Å². The van der Waals surface area contributed by atoms with Crippen LogP contribution in [0.25, 0.3) is 0 Å². The topological polar surface area (TPSA) is 12.4 Å². The molecule has 0 saturated heterocycles. The quantitative estimate of drug-likeness (QED) is 0.513. The molecule has 0 saturated carbocycles. The Morgan fingerprint density at radius 1 is 1.04 bits per heavy atom. The maximum atomic E-state index is 14.0. The van der Waals surface area contributed by atoms with Crippen LogP contribution in [0.3, 0.4) is 0 Å². The summed E-state index contributed by atoms with van der Waals surface area (Å²) in [4.78, 5) is 4.19. The second-order valence-corrected chi connectivity index (χ2v) is 7.48. The lowest BCUT2D eigenvalue weighted by molar-refractivity contribution is -0.183. The van der Waals surface area contributed by atoms with Gasteiger partial charge in [-0.15, -0.1) is 0 Å². The van der Waals surface area contributed by atoms with Gasteiger partial charge in [0.15, 0.2) is 0 Å². The van der Waals surface area contributed by atoms with E-state index in [2.05, 4.69) is 20.9 Å². The number of aliphatic imine (C=N–C) groups is 1. The van der Waals surface area contributed by atoms with Crippen molar-refractivity contribution < 1.29 is 13.2 Å². The predicted octanol–water partition coefficient (Wildman–Crippen LogP) is 6.45. The molecule has 0 aromatic heterocycles. The first-order valence-corrected chi connectivity index (χ1v) is 8.59. The summed E-state index contributed by atoms with van der Waals surface area (Å²) in [5.74, 6) is 0. The standard InChI is InChI=1S/C17H11BrCl2F3N/c18-12-3-1-2-10(4-12)15-8-16(9-24-15,17(21,22)23)11-5-13(19)7-14(20)6-11/h1-7H,8-9H2. The summed E-state index contributed by atoms with van der Waals surface area (Å²) < 4.78 is 42.7. The first kappa shape index (κ1) is 17.8. The van der Waals surface area contributed by atoms with E-state index in [1.54, 1.807) is 18.2 Å². The summed E-state index contributed by atoms with van der Waals surface area (Å²) in [6.07, 6.45) is -4.72. The van der Waals surface area contributed by atoms with Gasteiger partial charge in [0.05, 0.1) is 6.54 Å². The summed E-state index contributed by atoms with van der Waals surface area (Å²) in [6, 6.07) is 11.2. The van der Waals surface area contributed by atoms with Crippen molar-refractivity contribution in [2.45, 2.75) is 18.0 Å². The van der Waals surface area contributed by atoms with Gasteiger partial charge < -0.3 is 0 Å². The Hall–Kier alpha value is -1.04. The maximum Gasteiger partial charge on any atom is 0.400 e. The third kappa shape index (κ3) is 3.22. The van der Waals surface area contributed by atoms with E-state index in [9.17, 15) is 13.2 Å². The molecular weight excluding hydrogens is 426 g/mol. The molecule has 1 aliphatic heterocycles. The summed E-state index contributed by atoms with van der Waals surface area (Å²) >= 11 is 15.2. The van der Waals surface area contributed by atoms with Crippen LogP contribution in [0.1, 0.15) is 17.5 Å². The van der Waals surface area contributed by atoms with Crippen molar-refractivity contribution in [2.75, 3.05) is 6.54 Å². The van der Waals surface area contributed by atoms with Crippen molar-refractivity contribution in [3.05, 3.63) is 68.1 Å². The Kier molecular flexibility index (Phi) is 4.71. The lowest BCUT2D eigenvalue weighted by atomic mass is 9.76. The molecule has 1 aliphatic rings. The van der Waals surface area contributed by atoms with Gasteiger partial charge in [-0.05, 0) is 41.5 Å². The highest BCUT2D eigenvalue weighted by Gasteiger charge is 2.58. The molecule has 2 aromatic carbocycles. The number of hydrogen-bond donors (Lipinski definition) is 0. The van der Waals surface area contributed by atoms with Crippen molar-refractivity contribution >= 4 is 44.8 Å². The first-order chi connectivity index (χ1) is 11.2. The first-order valence-electron chi connectivity index (χ1n) is 7.04. The van der Waals surface area contributed by atoms with E-state index in [1.807, 2.05) is 6.07 Å². The largest absolute Gasteiger partial charge is 0.400 e. The van der Waals surface area contributed by atoms with Crippen molar-refractivity contribution in [3.63, 3.8) is 0 Å². The zero-order chi connectivity index (χ0) is 17.5. The number of nitrogens with zero attached hydrogens (tertiary/aromatic N) is 1. The van der Waals surface area contributed by atoms with Crippen molar-refractivity contribution in [1.82, 2.24) is 0 Å². The molecule has 1 nitrogen and oxygen atoms in total. The normalized spacial score (nSPS) is 21.0. The fourth-order valence-electron chi connectivity index (χ4n) is 2.87. The lowest BCUT2D eigenvalue weighted by Crippen LogP contribution is -2.43. The van der Waals surface area contributed by atoms with Crippen LogP contribution in [0.5, 0.6) is 0 Å². The number of benzene rings is 2. The van der Waals surface area contributed by atoms with Crippen LogP contribution in [-0.4, -0.2) is 18.4 Å². The molecular formula is C17H11BrCl2F3N. The van der Waals surface area contributed by atoms with Crippen molar-refractivity contribution in [2.24, 2.45) is 4.99 Å². The molecule has 1 atom stereocenters. The zero-order valence-electron chi connectivity index (χ0n) is 12.2. The maximum absolute atomic E-state index is 14.0. The highest BCUT2D eigenvalue weighted by Crippen LogP contribution is 2.48. The average Bonchev–Trinajstić information content (AvgIpc) is 2.92. The molecule has 7 heteroatoms. The van der Waals surface area contributed by atoms with Crippen LogP contribution in [0.4, 0.5) is 13.2 Å². The van der Waals surface area contributed by atoms with Gasteiger partial charge in [-0.2, -0.15) is 13.2 Å².